The SMILES string of the molecule is CCC(O)(CC)Cc1c(F)cccc1Cl. The molecule has 0 aromatic heterocycles. The van der Waals surface area contributed by atoms with Crippen LogP contribution in [0.1, 0.15) is 32.3 Å². The molecule has 84 valence electrons. The highest BCUT2D eigenvalue weighted by atomic mass is 35.5. The van der Waals surface area contributed by atoms with Crippen molar-refractivity contribution in [1.29, 1.82) is 0 Å². The lowest BCUT2D eigenvalue weighted by Gasteiger charge is -2.25. The van der Waals surface area contributed by atoms with Crippen LogP contribution in [-0.4, -0.2) is 10.7 Å². The largest absolute Gasteiger partial charge is 0.390 e. The Labute approximate surface area is 94.9 Å². The zero-order valence-electron chi connectivity index (χ0n) is 9.06. The Hall–Kier alpha value is -0.600. The van der Waals surface area contributed by atoms with Gasteiger partial charge in [-0.05, 0) is 25.0 Å². The predicted octanol–water partition coefficient (Wildman–Crippen LogP) is 3.57. The van der Waals surface area contributed by atoms with Gasteiger partial charge in [0.05, 0.1) is 5.60 Å². The average molecular weight is 231 g/mol. The smallest absolute Gasteiger partial charge is 0.127 e. The highest BCUT2D eigenvalue weighted by molar-refractivity contribution is 6.31. The Kier molecular flexibility index (Phi) is 4.12. The average Bonchev–Trinajstić information content (AvgIpc) is 2.23. The highest BCUT2D eigenvalue weighted by Gasteiger charge is 2.25. The van der Waals surface area contributed by atoms with E-state index in [1.165, 1.54) is 6.07 Å². The normalized spacial score (nSPS) is 11.8. The fourth-order valence-electron chi connectivity index (χ4n) is 1.53. The maximum Gasteiger partial charge on any atom is 0.127 e. The number of halogens is 2. The molecule has 1 N–H and O–H groups in total. The van der Waals surface area contributed by atoms with Crippen LogP contribution < -0.4 is 0 Å². The first-order valence-electron chi connectivity index (χ1n) is 5.17. The molecule has 1 aromatic rings. The quantitative estimate of drug-likeness (QED) is 0.839. The number of rotatable bonds is 4. The van der Waals surface area contributed by atoms with Crippen molar-refractivity contribution in [3.05, 3.63) is 34.6 Å². The second kappa shape index (κ2) is 4.95. The van der Waals surface area contributed by atoms with Crippen molar-refractivity contribution < 1.29 is 9.50 Å². The van der Waals surface area contributed by atoms with Crippen LogP contribution in [0, 0.1) is 5.82 Å². The van der Waals surface area contributed by atoms with Crippen LogP contribution in [0.3, 0.4) is 0 Å². The molecule has 0 saturated carbocycles. The summed E-state index contributed by atoms with van der Waals surface area (Å²) in [6.45, 7) is 3.77. The Morgan fingerprint density at radius 2 is 1.93 bits per heavy atom. The first-order chi connectivity index (χ1) is 7.02. The van der Waals surface area contributed by atoms with Crippen molar-refractivity contribution >= 4 is 11.6 Å². The molecule has 0 amide bonds. The van der Waals surface area contributed by atoms with Gasteiger partial charge in [0.2, 0.25) is 0 Å². The molecule has 0 aliphatic heterocycles. The molecule has 0 unspecified atom stereocenters. The van der Waals surface area contributed by atoms with E-state index < -0.39 is 5.60 Å². The molecule has 0 bridgehead atoms. The van der Waals surface area contributed by atoms with E-state index in [-0.39, 0.29) is 12.2 Å². The van der Waals surface area contributed by atoms with Crippen molar-refractivity contribution in [2.75, 3.05) is 0 Å². The van der Waals surface area contributed by atoms with Crippen LogP contribution in [0.2, 0.25) is 5.02 Å². The molecule has 0 saturated heterocycles. The van der Waals surface area contributed by atoms with Gasteiger partial charge in [0.15, 0.2) is 0 Å². The van der Waals surface area contributed by atoms with E-state index in [1.807, 2.05) is 13.8 Å². The van der Waals surface area contributed by atoms with Crippen LogP contribution in [0.15, 0.2) is 18.2 Å². The molecule has 0 spiro atoms. The summed E-state index contributed by atoms with van der Waals surface area (Å²) in [6.07, 6.45) is 1.45. The van der Waals surface area contributed by atoms with E-state index in [9.17, 15) is 9.50 Å². The molecule has 0 aliphatic carbocycles. The maximum atomic E-state index is 13.5. The van der Waals surface area contributed by atoms with Gasteiger partial charge >= 0.3 is 0 Å². The molecule has 0 atom stereocenters. The van der Waals surface area contributed by atoms with Gasteiger partial charge in [0, 0.05) is 17.0 Å². The predicted molar refractivity (Wildman–Crippen MR) is 60.6 cm³/mol. The molecule has 0 radical (unpaired) electrons. The van der Waals surface area contributed by atoms with Crippen LogP contribution >= 0.6 is 11.6 Å². The van der Waals surface area contributed by atoms with Crippen molar-refractivity contribution in [3.63, 3.8) is 0 Å². The Bertz CT molecular complexity index is 314. The topological polar surface area (TPSA) is 20.2 Å². The van der Waals surface area contributed by atoms with Gasteiger partial charge in [-0.2, -0.15) is 0 Å². The van der Waals surface area contributed by atoms with Gasteiger partial charge in [0.25, 0.3) is 0 Å². The van der Waals surface area contributed by atoms with E-state index in [1.54, 1.807) is 12.1 Å². The van der Waals surface area contributed by atoms with Crippen molar-refractivity contribution in [2.24, 2.45) is 0 Å². The van der Waals surface area contributed by atoms with Crippen molar-refractivity contribution in [1.82, 2.24) is 0 Å². The lowest BCUT2D eigenvalue weighted by Crippen LogP contribution is -2.30. The first kappa shape index (κ1) is 12.5. The van der Waals surface area contributed by atoms with Gasteiger partial charge in [-0.1, -0.05) is 31.5 Å². The summed E-state index contributed by atoms with van der Waals surface area (Å²) in [6, 6.07) is 4.58. The van der Waals surface area contributed by atoms with Gasteiger partial charge < -0.3 is 5.11 Å². The summed E-state index contributed by atoms with van der Waals surface area (Å²) in [5.74, 6) is -0.345. The summed E-state index contributed by atoms with van der Waals surface area (Å²) in [4.78, 5) is 0. The third kappa shape index (κ3) is 2.93. The molecule has 0 heterocycles. The molecule has 0 fully saturated rings. The van der Waals surface area contributed by atoms with E-state index in [0.717, 1.165) is 0 Å². The molecule has 1 nitrogen and oxygen atoms in total. The second-order valence-corrected chi connectivity index (χ2v) is 4.22. The first-order valence-corrected chi connectivity index (χ1v) is 5.55. The number of aliphatic hydroxyl groups is 1. The molecular weight excluding hydrogens is 215 g/mol. The zero-order chi connectivity index (χ0) is 11.5. The fourth-order valence-corrected chi connectivity index (χ4v) is 1.76. The molecule has 15 heavy (non-hydrogen) atoms. The van der Waals surface area contributed by atoms with Gasteiger partial charge in [-0.25, -0.2) is 4.39 Å². The van der Waals surface area contributed by atoms with E-state index in [0.29, 0.717) is 23.4 Å². The highest BCUT2D eigenvalue weighted by Crippen LogP contribution is 2.27. The lowest BCUT2D eigenvalue weighted by atomic mass is 9.89. The van der Waals surface area contributed by atoms with Gasteiger partial charge in [-0.15, -0.1) is 0 Å². The van der Waals surface area contributed by atoms with E-state index in [2.05, 4.69) is 0 Å². The summed E-state index contributed by atoms with van der Waals surface area (Å²) >= 11 is 5.90. The molecule has 1 aromatic carbocycles. The van der Waals surface area contributed by atoms with Crippen LogP contribution in [0.5, 0.6) is 0 Å². The second-order valence-electron chi connectivity index (χ2n) is 3.81. The Morgan fingerprint density at radius 3 is 2.40 bits per heavy atom. The standard InChI is InChI=1S/C12H16ClFO/c1-3-12(15,4-2)8-9-10(13)6-5-7-11(9)14/h5-7,15H,3-4,8H2,1-2H3. The zero-order valence-corrected chi connectivity index (χ0v) is 9.81. The van der Waals surface area contributed by atoms with Crippen LogP contribution in [0.25, 0.3) is 0 Å². The fraction of sp³-hybridized carbons (Fsp3) is 0.500. The van der Waals surface area contributed by atoms with Gasteiger partial charge in [-0.3, -0.25) is 0 Å². The summed E-state index contributed by atoms with van der Waals surface area (Å²) in [7, 11) is 0. The summed E-state index contributed by atoms with van der Waals surface area (Å²) in [5.41, 5.74) is -0.448. The van der Waals surface area contributed by atoms with E-state index >= 15 is 0 Å². The summed E-state index contributed by atoms with van der Waals surface area (Å²) in [5, 5.41) is 10.5. The van der Waals surface area contributed by atoms with Crippen LogP contribution in [0.4, 0.5) is 4.39 Å². The molecule has 0 aliphatic rings. The number of hydrogen-bond donors (Lipinski definition) is 1. The molecule has 3 heteroatoms. The maximum absolute atomic E-state index is 13.5. The third-order valence-electron chi connectivity index (χ3n) is 2.88. The molecular formula is C12H16ClFO. The minimum atomic E-state index is -0.855. The van der Waals surface area contributed by atoms with Crippen molar-refractivity contribution in [3.8, 4) is 0 Å². The summed E-state index contributed by atoms with van der Waals surface area (Å²) < 4.78 is 13.5. The Balaban J connectivity index is 2.98. The van der Waals surface area contributed by atoms with Crippen LogP contribution in [-0.2, 0) is 6.42 Å². The number of benzene rings is 1. The number of hydrogen-bond acceptors (Lipinski definition) is 1. The minimum absolute atomic E-state index is 0.269. The van der Waals surface area contributed by atoms with Crippen molar-refractivity contribution in [2.45, 2.75) is 38.7 Å². The molecule has 1 rings (SSSR count). The third-order valence-corrected chi connectivity index (χ3v) is 3.24. The monoisotopic (exact) mass is 230 g/mol. The lowest BCUT2D eigenvalue weighted by molar-refractivity contribution is 0.0319. The Morgan fingerprint density at radius 1 is 1.33 bits per heavy atom. The van der Waals surface area contributed by atoms with E-state index in [4.69, 9.17) is 11.6 Å². The van der Waals surface area contributed by atoms with Gasteiger partial charge in [0.1, 0.15) is 5.82 Å². The minimum Gasteiger partial charge on any atom is -0.390 e.